The molecule has 14 heteroatoms. The minimum absolute atomic E-state index is 0.262. The van der Waals surface area contributed by atoms with E-state index in [2.05, 4.69) is 55.6 Å². The lowest BCUT2D eigenvalue weighted by Crippen LogP contribution is -2.64. The molecular weight excluding hydrogens is 838 g/mol. The first kappa shape index (κ1) is 60.3. The predicted molar refractivity (Wildman–Crippen MR) is 256 cm³/mol. The maximum Gasteiger partial charge on any atom is 0.472 e. The molecule has 0 heterocycles. The number of carbonyl (C=O) groups is 1. The molecule has 1 fully saturated rings. The van der Waals surface area contributed by atoms with Gasteiger partial charge in [-0.15, -0.1) is 0 Å². The largest absolute Gasteiger partial charge is 0.472 e. The summed E-state index contributed by atoms with van der Waals surface area (Å²) in [6.45, 7) is 3.71. The molecule has 1 rings (SSSR count). The minimum Gasteiger partial charge on any atom is -0.393 e. The van der Waals surface area contributed by atoms with Gasteiger partial charge < -0.3 is 46.0 Å². The number of allylic oxidation sites excluding steroid dienone is 7. The summed E-state index contributed by atoms with van der Waals surface area (Å²) >= 11 is 0. The molecule has 13 nitrogen and oxygen atoms in total. The Balaban J connectivity index is 2.52. The number of hydrogen-bond acceptors (Lipinski definition) is 11. The number of nitrogens with one attached hydrogen (secondary N) is 1. The fraction of sp³-hybridized carbons (Fsp3) is 0.820. The van der Waals surface area contributed by atoms with Crippen LogP contribution in [0.5, 0.6) is 0 Å². The second-order valence-corrected chi connectivity index (χ2v) is 19.2. The maximum atomic E-state index is 13.0. The van der Waals surface area contributed by atoms with E-state index in [4.69, 9.17) is 9.05 Å². The van der Waals surface area contributed by atoms with Gasteiger partial charge in [0.15, 0.2) is 0 Å². The van der Waals surface area contributed by atoms with Crippen LogP contribution in [0.25, 0.3) is 0 Å². The van der Waals surface area contributed by atoms with Crippen molar-refractivity contribution in [2.75, 3.05) is 6.61 Å². The van der Waals surface area contributed by atoms with Gasteiger partial charge >= 0.3 is 7.82 Å². The van der Waals surface area contributed by atoms with Crippen LogP contribution >= 0.6 is 7.82 Å². The standard InChI is InChI=1S/C50H92NO12P/c1-3-5-7-9-11-13-15-17-19-20-21-22-24-25-27-29-31-33-35-37-41(52)39-44(54)51-42(40-62-64(60,61)63-50-48(58)46(56)45(55)47(57)49(50)59)43(53)38-36-34-32-30-28-26-23-18-16-14-12-10-8-6-4-2/h16,18,22,24,28,30,36,38,41-43,45-50,52-53,55-59H,3-15,17,19-21,23,25-27,29,31-35,37,39-40H2,1-2H3,(H,51,54)(H,60,61)/b18-16+,24-22-,30-28+,38-36+. The molecule has 0 aromatic carbocycles. The molecule has 0 aliphatic heterocycles. The molecular formula is C50H92NO12P. The molecule has 8 atom stereocenters. The van der Waals surface area contributed by atoms with Crippen LogP contribution in [0.1, 0.15) is 200 Å². The quantitative estimate of drug-likeness (QED) is 0.0159. The van der Waals surface area contributed by atoms with Crippen molar-refractivity contribution in [2.24, 2.45) is 0 Å². The van der Waals surface area contributed by atoms with Crippen molar-refractivity contribution >= 4 is 13.7 Å². The van der Waals surface area contributed by atoms with E-state index < -0.39 is 75.2 Å². The SMILES string of the molecule is CCCCCCC/C=C/CC/C=C/CC/C=C/C(O)C(COP(=O)(O)OC1C(O)C(O)C(O)C(O)C1O)NC(=O)CC(O)CCCCCCC/C=C\CCCCCCCCCCCC. The van der Waals surface area contributed by atoms with E-state index in [0.29, 0.717) is 19.3 Å². The average molecular weight is 930 g/mol. The number of phosphoric ester groups is 1. The van der Waals surface area contributed by atoms with Crippen LogP contribution in [-0.2, 0) is 18.4 Å². The zero-order chi connectivity index (χ0) is 47.3. The lowest BCUT2D eigenvalue weighted by atomic mass is 9.85. The molecule has 8 unspecified atom stereocenters. The van der Waals surface area contributed by atoms with E-state index >= 15 is 0 Å². The molecule has 1 aliphatic rings. The Hall–Kier alpha value is -1.74. The van der Waals surface area contributed by atoms with Crippen molar-refractivity contribution in [2.45, 2.75) is 255 Å². The zero-order valence-electron chi connectivity index (χ0n) is 39.7. The molecule has 0 saturated heterocycles. The molecule has 0 bridgehead atoms. The van der Waals surface area contributed by atoms with Crippen LogP contribution in [0.15, 0.2) is 48.6 Å². The Morgan fingerprint density at radius 3 is 1.38 bits per heavy atom. The lowest BCUT2D eigenvalue weighted by molar-refractivity contribution is -0.220. The van der Waals surface area contributed by atoms with Crippen LogP contribution in [0.3, 0.4) is 0 Å². The van der Waals surface area contributed by atoms with Crippen molar-refractivity contribution in [1.29, 1.82) is 0 Å². The number of unbranched alkanes of at least 4 members (excludes halogenated alkanes) is 22. The van der Waals surface area contributed by atoms with Gasteiger partial charge in [-0.05, 0) is 70.6 Å². The Labute approximate surface area is 387 Å². The van der Waals surface area contributed by atoms with Gasteiger partial charge in [-0.1, -0.05) is 172 Å². The number of phosphoric acid groups is 1. The van der Waals surface area contributed by atoms with Crippen LogP contribution in [-0.4, -0.2) is 108 Å². The summed E-state index contributed by atoms with van der Waals surface area (Å²) in [5.41, 5.74) is 0. The highest BCUT2D eigenvalue weighted by molar-refractivity contribution is 7.47. The molecule has 1 saturated carbocycles. The van der Waals surface area contributed by atoms with Crippen LogP contribution in [0.2, 0.25) is 0 Å². The zero-order valence-corrected chi connectivity index (χ0v) is 40.6. The van der Waals surface area contributed by atoms with Gasteiger partial charge in [-0.2, -0.15) is 0 Å². The summed E-state index contributed by atoms with van der Waals surface area (Å²) in [5, 5.41) is 74.5. The van der Waals surface area contributed by atoms with Gasteiger partial charge in [0.2, 0.25) is 5.91 Å². The Morgan fingerprint density at radius 1 is 0.547 bits per heavy atom. The van der Waals surface area contributed by atoms with E-state index in [9.17, 15) is 50.0 Å². The highest BCUT2D eigenvalue weighted by Crippen LogP contribution is 2.47. The first-order valence-corrected chi connectivity index (χ1v) is 26.7. The average Bonchev–Trinajstić information content (AvgIpc) is 3.27. The van der Waals surface area contributed by atoms with Gasteiger partial charge in [-0.25, -0.2) is 4.57 Å². The fourth-order valence-electron chi connectivity index (χ4n) is 7.74. The number of aliphatic hydroxyl groups is 7. The number of carbonyl (C=O) groups excluding carboxylic acids is 1. The third kappa shape index (κ3) is 30.5. The molecule has 374 valence electrons. The van der Waals surface area contributed by atoms with Gasteiger partial charge in [0.25, 0.3) is 0 Å². The van der Waals surface area contributed by atoms with E-state index in [1.165, 1.54) is 102 Å². The molecule has 0 aromatic rings. The first-order valence-electron chi connectivity index (χ1n) is 25.2. The smallest absolute Gasteiger partial charge is 0.393 e. The number of amides is 1. The highest BCUT2D eigenvalue weighted by atomic mass is 31.2. The molecule has 1 aliphatic carbocycles. The molecule has 0 aromatic heterocycles. The summed E-state index contributed by atoms with van der Waals surface area (Å²) < 4.78 is 22.9. The summed E-state index contributed by atoms with van der Waals surface area (Å²) in [7, 11) is -5.16. The number of rotatable bonds is 41. The van der Waals surface area contributed by atoms with Gasteiger partial charge in [0.05, 0.1) is 31.3 Å². The van der Waals surface area contributed by atoms with Gasteiger partial charge in [0, 0.05) is 0 Å². The molecule has 64 heavy (non-hydrogen) atoms. The monoisotopic (exact) mass is 930 g/mol. The molecule has 9 N–H and O–H groups in total. The van der Waals surface area contributed by atoms with Crippen molar-refractivity contribution < 1.29 is 59.0 Å². The number of aliphatic hydroxyl groups excluding tert-OH is 7. The maximum absolute atomic E-state index is 13.0. The second-order valence-electron chi connectivity index (χ2n) is 17.8. The minimum atomic E-state index is -5.16. The van der Waals surface area contributed by atoms with Crippen LogP contribution < -0.4 is 5.32 Å². The van der Waals surface area contributed by atoms with E-state index in [1.807, 2.05) is 0 Å². The fourth-order valence-corrected chi connectivity index (χ4v) is 8.70. The molecule has 0 spiro atoms. The summed E-state index contributed by atoms with van der Waals surface area (Å²) in [5.74, 6) is -0.612. The van der Waals surface area contributed by atoms with Crippen LogP contribution in [0, 0.1) is 0 Å². The Morgan fingerprint density at radius 2 is 0.922 bits per heavy atom. The molecule has 1 amide bonds. The predicted octanol–water partition coefficient (Wildman–Crippen LogP) is 9.09. The van der Waals surface area contributed by atoms with E-state index in [1.54, 1.807) is 6.08 Å². The topological polar surface area (TPSA) is 226 Å². The summed E-state index contributed by atoms with van der Waals surface area (Å²) in [4.78, 5) is 23.5. The summed E-state index contributed by atoms with van der Waals surface area (Å²) in [6.07, 6.45) is 33.4. The Bertz CT molecular complexity index is 1280. The number of hydrogen-bond donors (Lipinski definition) is 9. The lowest BCUT2D eigenvalue weighted by Gasteiger charge is -2.41. The van der Waals surface area contributed by atoms with Crippen molar-refractivity contribution in [1.82, 2.24) is 5.32 Å². The third-order valence-corrected chi connectivity index (χ3v) is 12.8. The van der Waals surface area contributed by atoms with Crippen molar-refractivity contribution in [3.8, 4) is 0 Å². The second kappa shape index (κ2) is 39.3. The Kier molecular flexibility index (Phi) is 37.0. The van der Waals surface area contributed by atoms with Crippen LogP contribution in [0.4, 0.5) is 0 Å². The van der Waals surface area contributed by atoms with E-state index in [0.717, 1.165) is 64.2 Å². The van der Waals surface area contributed by atoms with Gasteiger partial charge in [-0.3, -0.25) is 13.8 Å². The summed E-state index contributed by atoms with van der Waals surface area (Å²) in [6, 6.07) is -1.27. The van der Waals surface area contributed by atoms with Crippen molar-refractivity contribution in [3.63, 3.8) is 0 Å². The molecule has 0 radical (unpaired) electrons. The normalized spacial score (nSPS) is 23.1. The van der Waals surface area contributed by atoms with Gasteiger partial charge in [0.1, 0.15) is 36.6 Å². The van der Waals surface area contributed by atoms with Crippen molar-refractivity contribution in [3.05, 3.63) is 48.6 Å². The highest BCUT2D eigenvalue weighted by Gasteiger charge is 2.51. The van der Waals surface area contributed by atoms with E-state index in [-0.39, 0.29) is 6.42 Å². The first-order chi connectivity index (χ1) is 30.8. The third-order valence-electron chi connectivity index (χ3n) is 11.9.